The van der Waals surface area contributed by atoms with Crippen LogP contribution in [0.1, 0.15) is 23.7 Å². The maximum atomic E-state index is 13.5. The summed E-state index contributed by atoms with van der Waals surface area (Å²) in [5.74, 6) is -0.298. The van der Waals surface area contributed by atoms with Gasteiger partial charge >= 0.3 is 5.97 Å². The van der Waals surface area contributed by atoms with Crippen LogP contribution in [0.25, 0.3) is 10.9 Å². The van der Waals surface area contributed by atoms with Crippen molar-refractivity contribution in [3.8, 4) is 11.5 Å². The van der Waals surface area contributed by atoms with Gasteiger partial charge in [0, 0.05) is 17.5 Å². The quantitative estimate of drug-likeness (QED) is 0.417. The van der Waals surface area contributed by atoms with E-state index in [1.54, 1.807) is 12.1 Å². The normalized spacial score (nSPS) is 12.2. The first-order chi connectivity index (χ1) is 13.3. The van der Waals surface area contributed by atoms with Crippen LogP contribution in [0, 0.1) is 6.92 Å². The Morgan fingerprint density at radius 1 is 1.21 bits per heavy atom. The predicted molar refractivity (Wildman–Crippen MR) is 114 cm³/mol. The molecule has 0 saturated carbocycles. The van der Waals surface area contributed by atoms with Crippen molar-refractivity contribution in [3.63, 3.8) is 0 Å². The number of ether oxygens (including phenoxy) is 1. The number of alkyl halides is 1. The highest BCUT2D eigenvalue weighted by atomic mass is 79.9. The number of pyridine rings is 1. The first-order valence-electron chi connectivity index (χ1n) is 8.71. The third-order valence-corrected chi connectivity index (χ3v) is 5.54. The molecule has 0 unspecified atom stereocenters. The zero-order valence-corrected chi connectivity index (χ0v) is 18.5. The van der Waals surface area contributed by atoms with Crippen LogP contribution < -0.4 is 4.74 Å². The SMILES string of the molecule is CCc1cc(C)c2cc(Oc3c(Br)cc(C[C@H](F)C(=O)O)cc3Br)ccc2n1. The molecule has 146 valence electrons. The molecule has 0 bridgehead atoms. The molecule has 0 aliphatic heterocycles. The van der Waals surface area contributed by atoms with Crippen LogP contribution in [0.2, 0.25) is 0 Å². The Balaban J connectivity index is 1.91. The van der Waals surface area contributed by atoms with Gasteiger partial charge in [0.05, 0.1) is 14.5 Å². The van der Waals surface area contributed by atoms with Crippen LogP contribution in [0.15, 0.2) is 45.3 Å². The van der Waals surface area contributed by atoms with E-state index in [2.05, 4.69) is 49.8 Å². The highest BCUT2D eigenvalue weighted by Gasteiger charge is 2.18. The van der Waals surface area contributed by atoms with E-state index in [-0.39, 0.29) is 6.42 Å². The molecule has 28 heavy (non-hydrogen) atoms. The molecule has 1 aromatic heterocycles. The minimum absolute atomic E-state index is 0.215. The van der Waals surface area contributed by atoms with Crippen LogP contribution in [-0.2, 0) is 17.6 Å². The number of aromatic nitrogens is 1. The van der Waals surface area contributed by atoms with Gasteiger partial charge in [-0.05, 0) is 92.7 Å². The third-order valence-electron chi connectivity index (χ3n) is 4.36. The second-order valence-electron chi connectivity index (χ2n) is 6.46. The number of aliphatic carboxylic acids is 1. The number of fused-ring (bicyclic) bond motifs is 1. The molecule has 2 aromatic carbocycles. The number of benzene rings is 2. The smallest absolute Gasteiger partial charge is 0.338 e. The number of hydrogen-bond donors (Lipinski definition) is 1. The summed E-state index contributed by atoms with van der Waals surface area (Å²) < 4.78 is 20.7. The lowest BCUT2D eigenvalue weighted by Crippen LogP contribution is -2.17. The molecule has 7 heteroatoms. The average molecular weight is 511 g/mol. The minimum Gasteiger partial charge on any atom is -0.479 e. The van der Waals surface area contributed by atoms with Gasteiger partial charge in [-0.1, -0.05) is 6.92 Å². The van der Waals surface area contributed by atoms with Crippen LogP contribution in [-0.4, -0.2) is 22.2 Å². The van der Waals surface area contributed by atoms with Crippen LogP contribution in [0.4, 0.5) is 4.39 Å². The van der Waals surface area contributed by atoms with Gasteiger partial charge in [-0.3, -0.25) is 4.98 Å². The standard InChI is InChI=1S/C21H18Br2FNO3/c1-3-13-6-11(2)15-10-14(4-5-19(15)25-13)28-20-16(22)7-12(8-17(20)23)9-18(24)21(26)27/h4-8,10,18H,3,9H2,1-2H3,(H,26,27)/t18-/m0/s1. The average Bonchev–Trinajstić information content (AvgIpc) is 2.64. The first-order valence-corrected chi connectivity index (χ1v) is 10.3. The summed E-state index contributed by atoms with van der Waals surface area (Å²) in [4.78, 5) is 15.4. The fraction of sp³-hybridized carbons (Fsp3) is 0.238. The van der Waals surface area contributed by atoms with Crippen molar-refractivity contribution in [3.05, 3.63) is 62.2 Å². The van der Waals surface area contributed by atoms with Crippen LogP contribution >= 0.6 is 31.9 Å². The van der Waals surface area contributed by atoms with Gasteiger partial charge in [0.2, 0.25) is 6.17 Å². The molecular weight excluding hydrogens is 493 g/mol. The van der Waals surface area contributed by atoms with Crippen molar-refractivity contribution in [2.24, 2.45) is 0 Å². The Morgan fingerprint density at radius 3 is 2.50 bits per heavy atom. The Hall–Kier alpha value is -1.99. The largest absolute Gasteiger partial charge is 0.479 e. The van der Waals surface area contributed by atoms with E-state index >= 15 is 0 Å². The summed E-state index contributed by atoms with van der Waals surface area (Å²) in [5.41, 5.74) is 3.64. The molecule has 0 aliphatic rings. The molecule has 0 amide bonds. The number of carbonyl (C=O) groups is 1. The van der Waals surface area contributed by atoms with Crippen molar-refractivity contribution < 1.29 is 19.0 Å². The van der Waals surface area contributed by atoms with E-state index in [1.807, 2.05) is 25.1 Å². The lowest BCUT2D eigenvalue weighted by atomic mass is 10.1. The minimum atomic E-state index is -1.95. The van der Waals surface area contributed by atoms with E-state index in [1.165, 1.54) is 0 Å². The van der Waals surface area contributed by atoms with Gasteiger partial charge in [0.15, 0.2) is 5.75 Å². The van der Waals surface area contributed by atoms with Gasteiger partial charge in [-0.2, -0.15) is 0 Å². The highest BCUT2D eigenvalue weighted by molar-refractivity contribution is 9.11. The van der Waals surface area contributed by atoms with E-state index in [0.29, 0.717) is 26.0 Å². The van der Waals surface area contributed by atoms with Crippen molar-refractivity contribution in [2.75, 3.05) is 0 Å². The molecule has 4 nitrogen and oxygen atoms in total. The topological polar surface area (TPSA) is 59.4 Å². The molecule has 1 heterocycles. The van der Waals surface area contributed by atoms with E-state index in [0.717, 1.165) is 28.6 Å². The highest BCUT2D eigenvalue weighted by Crippen LogP contribution is 2.39. The fourth-order valence-corrected chi connectivity index (χ4v) is 4.37. The van der Waals surface area contributed by atoms with Crippen LogP contribution in [0.3, 0.4) is 0 Å². The van der Waals surface area contributed by atoms with Crippen molar-refractivity contribution in [1.82, 2.24) is 4.98 Å². The number of aryl methyl sites for hydroxylation is 2. The molecule has 0 fully saturated rings. The molecule has 0 saturated heterocycles. The van der Waals surface area contributed by atoms with Crippen molar-refractivity contribution in [2.45, 2.75) is 32.9 Å². The summed E-state index contributed by atoms with van der Waals surface area (Å²) in [6.07, 6.45) is -1.29. The van der Waals surface area contributed by atoms with Gasteiger partial charge in [0.25, 0.3) is 0 Å². The maximum Gasteiger partial charge on any atom is 0.338 e. The number of hydrogen-bond acceptors (Lipinski definition) is 3. The molecule has 1 N–H and O–H groups in total. The number of carboxylic acid groups (broad SMARTS) is 1. The number of rotatable bonds is 6. The second kappa shape index (κ2) is 8.57. The zero-order chi connectivity index (χ0) is 20.4. The summed E-state index contributed by atoms with van der Waals surface area (Å²) in [6, 6.07) is 11.1. The van der Waals surface area contributed by atoms with Gasteiger partial charge in [-0.25, -0.2) is 9.18 Å². The van der Waals surface area contributed by atoms with Crippen LogP contribution in [0.5, 0.6) is 11.5 Å². The molecule has 0 spiro atoms. The third kappa shape index (κ3) is 4.52. The maximum absolute atomic E-state index is 13.5. The molecule has 1 atom stereocenters. The summed E-state index contributed by atoms with van der Waals surface area (Å²) in [6.45, 7) is 4.12. The van der Waals surface area contributed by atoms with Crippen molar-refractivity contribution in [1.29, 1.82) is 0 Å². The Morgan fingerprint density at radius 2 is 1.89 bits per heavy atom. The molecular formula is C21H18Br2FNO3. The van der Waals surface area contributed by atoms with Gasteiger partial charge in [-0.15, -0.1) is 0 Å². The number of nitrogens with zero attached hydrogens (tertiary/aromatic N) is 1. The van der Waals surface area contributed by atoms with Gasteiger partial charge in [0.1, 0.15) is 5.75 Å². The second-order valence-corrected chi connectivity index (χ2v) is 8.17. The van der Waals surface area contributed by atoms with Gasteiger partial charge < -0.3 is 9.84 Å². The molecule has 0 aliphatic carbocycles. The summed E-state index contributed by atoms with van der Waals surface area (Å²) in [5, 5.41) is 9.76. The Labute approximate surface area is 179 Å². The predicted octanol–water partition coefficient (Wildman–Crippen LogP) is 6.39. The fourth-order valence-electron chi connectivity index (χ4n) is 2.93. The number of carboxylic acids is 1. The lowest BCUT2D eigenvalue weighted by molar-refractivity contribution is -0.142. The number of halogens is 3. The van der Waals surface area contributed by atoms with Crippen molar-refractivity contribution >= 4 is 48.7 Å². The van der Waals surface area contributed by atoms with E-state index in [4.69, 9.17) is 9.84 Å². The monoisotopic (exact) mass is 509 g/mol. The molecule has 3 aromatic rings. The summed E-state index contributed by atoms with van der Waals surface area (Å²) >= 11 is 6.86. The van der Waals surface area contributed by atoms with E-state index in [9.17, 15) is 9.18 Å². The van der Waals surface area contributed by atoms with E-state index < -0.39 is 12.1 Å². The Bertz CT molecular complexity index is 1030. The summed E-state index contributed by atoms with van der Waals surface area (Å²) in [7, 11) is 0. The first kappa shape index (κ1) is 20.7. The Kier molecular flexibility index (Phi) is 6.35. The lowest BCUT2D eigenvalue weighted by Gasteiger charge is -2.14. The zero-order valence-electron chi connectivity index (χ0n) is 15.3. The molecule has 0 radical (unpaired) electrons. The molecule has 3 rings (SSSR count).